The molecule has 0 unspecified atom stereocenters. The summed E-state index contributed by atoms with van der Waals surface area (Å²) < 4.78 is 5.88. The summed E-state index contributed by atoms with van der Waals surface area (Å²) in [6, 6.07) is 18.2. The minimum atomic E-state index is 0.611. The second-order valence-electron chi connectivity index (χ2n) is 6.43. The standard InChI is InChI=1S/C21H22N2OS/c1-15-20(25-21(23-15)17-11-13-22-14-12-17)16-7-9-19(10-8-16)24-18-5-3-2-4-6-18/h2-10,17,22H,11-14H2,1H3. The van der Waals surface area contributed by atoms with Crippen LogP contribution in [0.15, 0.2) is 54.6 Å². The van der Waals surface area contributed by atoms with Crippen molar-refractivity contribution in [1.29, 1.82) is 0 Å². The Bertz CT molecular complexity index is 821. The van der Waals surface area contributed by atoms with Crippen LogP contribution in [-0.2, 0) is 0 Å². The van der Waals surface area contributed by atoms with E-state index >= 15 is 0 Å². The zero-order chi connectivity index (χ0) is 17.1. The van der Waals surface area contributed by atoms with Gasteiger partial charge in [0.05, 0.1) is 15.6 Å². The summed E-state index contributed by atoms with van der Waals surface area (Å²) >= 11 is 1.85. The lowest BCUT2D eigenvalue weighted by atomic mass is 9.99. The second kappa shape index (κ2) is 7.38. The van der Waals surface area contributed by atoms with E-state index in [-0.39, 0.29) is 0 Å². The highest BCUT2D eigenvalue weighted by Crippen LogP contribution is 2.37. The first-order valence-corrected chi connectivity index (χ1v) is 9.62. The molecule has 1 saturated heterocycles. The zero-order valence-corrected chi connectivity index (χ0v) is 15.2. The van der Waals surface area contributed by atoms with Crippen LogP contribution in [0.2, 0.25) is 0 Å². The van der Waals surface area contributed by atoms with Crippen molar-refractivity contribution in [2.75, 3.05) is 13.1 Å². The minimum absolute atomic E-state index is 0.611. The van der Waals surface area contributed by atoms with Crippen molar-refractivity contribution >= 4 is 11.3 Å². The molecular weight excluding hydrogens is 328 g/mol. The van der Waals surface area contributed by atoms with E-state index < -0.39 is 0 Å². The number of aryl methyl sites for hydroxylation is 1. The quantitative estimate of drug-likeness (QED) is 0.686. The number of para-hydroxylation sites is 1. The van der Waals surface area contributed by atoms with Gasteiger partial charge in [0.1, 0.15) is 11.5 Å². The molecule has 0 spiro atoms. The van der Waals surface area contributed by atoms with E-state index in [1.54, 1.807) is 0 Å². The SMILES string of the molecule is Cc1nc(C2CCNCC2)sc1-c1ccc(Oc2ccccc2)cc1. The number of rotatable bonds is 4. The van der Waals surface area contributed by atoms with E-state index in [4.69, 9.17) is 9.72 Å². The number of thiazole rings is 1. The number of aromatic nitrogens is 1. The summed E-state index contributed by atoms with van der Waals surface area (Å²) in [7, 11) is 0. The molecule has 2 aromatic carbocycles. The molecule has 128 valence electrons. The molecule has 2 heterocycles. The Balaban J connectivity index is 1.53. The molecule has 1 aliphatic rings. The summed E-state index contributed by atoms with van der Waals surface area (Å²) in [6.07, 6.45) is 2.38. The third-order valence-electron chi connectivity index (χ3n) is 4.60. The summed E-state index contributed by atoms with van der Waals surface area (Å²) in [4.78, 5) is 6.14. The molecule has 1 aliphatic heterocycles. The molecule has 0 bridgehead atoms. The van der Waals surface area contributed by atoms with Crippen LogP contribution in [-0.4, -0.2) is 18.1 Å². The lowest BCUT2D eigenvalue weighted by Gasteiger charge is -2.20. The van der Waals surface area contributed by atoms with Gasteiger partial charge in [-0.15, -0.1) is 11.3 Å². The first-order chi connectivity index (χ1) is 12.3. The largest absolute Gasteiger partial charge is 0.457 e. The van der Waals surface area contributed by atoms with Gasteiger partial charge >= 0.3 is 0 Å². The van der Waals surface area contributed by atoms with Crippen molar-refractivity contribution in [3.8, 4) is 21.9 Å². The van der Waals surface area contributed by atoms with Gasteiger partial charge in [0, 0.05) is 5.92 Å². The fourth-order valence-electron chi connectivity index (χ4n) is 3.23. The third-order valence-corrected chi connectivity index (χ3v) is 5.97. The zero-order valence-electron chi connectivity index (χ0n) is 14.4. The second-order valence-corrected chi connectivity index (χ2v) is 7.46. The van der Waals surface area contributed by atoms with E-state index in [0.717, 1.165) is 30.3 Å². The van der Waals surface area contributed by atoms with Crippen molar-refractivity contribution < 1.29 is 4.74 Å². The van der Waals surface area contributed by atoms with Crippen LogP contribution < -0.4 is 10.1 Å². The van der Waals surface area contributed by atoms with Crippen LogP contribution in [0, 0.1) is 6.92 Å². The van der Waals surface area contributed by atoms with Crippen LogP contribution in [0.1, 0.15) is 29.5 Å². The average molecular weight is 350 g/mol. The Kier molecular flexibility index (Phi) is 4.81. The van der Waals surface area contributed by atoms with Gasteiger partial charge in [0.15, 0.2) is 0 Å². The lowest BCUT2D eigenvalue weighted by molar-refractivity contribution is 0.459. The minimum Gasteiger partial charge on any atom is -0.457 e. The Morgan fingerprint density at radius 2 is 1.64 bits per heavy atom. The van der Waals surface area contributed by atoms with Crippen molar-refractivity contribution in [3.05, 3.63) is 65.3 Å². The van der Waals surface area contributed by atoms with Gasteiger partial charge in [-0.05, 0) is 74.8 Å². The van der Waals surface area contributed by atoms with Gasteiger partial charge in [0.2, 0.25) is 0 Å². The van der Waals surface area contributed by atoms with Gasteiger partial charge in [-0.2, -0.15) is 0 Å². The van der Waals surface area contributed by atoms with E-state index in [1.807, 2.05) is 53.8 Å². The first-order valence-electron chi connectivity index (χ1n) is 8.81. The number of hydrogen-bond donors (Lipinski definition) is 1. The highest BCUT2D eigenvalue weighted by Gasteiger charge is 2.20. The van der Waals surface area contributed by atoms with E-state index in [2.05, 4.69) is 24.4 Å². The Hall–Kier alpha value is -2.17. The molecule has 1 aromatic heterocycles. The highest BCUT2D eigenvalue weighted by atomic mass is 32.1. The van der Waals surface area contributed by atoms with Gasteiger partial charge in [-0.25, -0.2) is 4.98 Å². The van der Waals surface area contributed by atoms with Crippen LogP contribution in [0.4, 0.5) is 0 Å². The maximum absolute atomic E-state index is 5.88. The number of benzene rings is 2. The molecule has 0 saturated carbocycles. The normalized spacial score (nSPS) is 15.2. The first kappa shape index (κ1) is 16.3. The fourth-order valence-corrected chi connectivity index (χ4v) is 4.47. The lowest BCUT2D eigenvalue weighted by Crippen LogP contribution is -2.26. The molecule has 0 aliphatic carbocycles. The summed E-state index contributed by atoms with van der Waals surface area (Å²) in [5.41, 5.74) is 2.35. The molecule has 0 atom stereocenters. The molecule has 3 nitrogen and oxygen atoms in total. The van der Waals surface area contributed by atoms with E-state index in [1.165, 1.54) is 28.3 Å². The smallest absolute Gasteiger partial charge is 0.127 e. The average Bonchev–Trinajstić information content (AvgIpc) is 3.06. The van der Waals surface area contributed by atoms with Crippen LogP contribution in [0.3, 0.4) is 0 Å². The molecule has 4 heteroatoms. The molecule has 25 heavy (non-hydrogen) atoms. The predicted octanol–water partition coefficient (Wildman–Crippen LogP) is 5.38. The van der Waals surface area contributed by atoms with Crippen molar-refractivity contribution in [3.63, 3.8) is 0 Å². The Labute approximate surface area is 152 Å². The molecule has 3 aromatic rings. The van der Waals surface area contributed by atoms with Gasteiger partial charge < -0.3 is 10.1 Å². The molecule has 4 rings (SSSR count). The van der Waals surface area contributed by atoms with Gasteiger partial charge in [0.25, 0.3) is 0 Å². The number of nitrogens with zero attached hydrogens (tertiary/aromatic N) is 1. The van der Waals surface area contributed by atoms with Gasteiger partial charge in [-0.3, -0.25) is 0 Å². The summed E-state index contributed by atoms with van der Waals surface area (Å²) in [5.74, 6) is 2.33. The maximum atomic E-state index is 5.88. The molecule has 0 amide bonds. The number of ether oxygens (including phenoxy) is 1. The van der Waals surface area contributed by atoms with E-state index in [0.29, 0.717) is 5.92 Å². The summed E-state index contributed by atoms with van der Waals surface area (Å²) in [6.45, 7) is 4.32. The van der Waals surface area contributed by atoms with Crippen LogP contribution >= 0.6 is 11.3 Å². The monoisotopic (exact) mass is 350 g/mol. The van der Waals surface area contributed by atoms with E-state index in [9.17, 15) is 0 Å². The molecular formula is C21H22N2OS. The predicted molar refractivity (Wildman–Crippen MR) is 104 cm³/mol. The Morgan fingerprint density at radius 1 is 0.960 bits per heavy atom. The van der Waals surface area contributed by atoms with Gasteiger partial charge in [-0.1, -0.05) is 18.2 Å². The fraction of sp³-hybridized carbons (Fsp3) is 0.286. The van der Waals surface area contributed by atoms with Crippen molar-refractivity contribution in [2.24, 2.45) is 0 Å². The topological polar surface area (TPSA) is 34.2 Å². The maximum Gasteiger partial charge on any atom is 0.127 e. The molecule has 1 N–H and O–H groups in total. The number of hydrogen-bond acceptors (Lipinski definition) is 4. The number of nitrogens with one attached hydrogen (secondary N) is 1. The van der Waals surface area contributed by atoms with Crippen LogP contribution in [0.25, 0.3) is 10.4 Å². The van der Waals surface area contributed by atoms with Crippen molar-refractivity contribution in [2.45, 2.75) is 25.7 Å². The third kappa shape index (κ3) is 3.75. The number of piperidine rings is 1. The Morgan fingerprint density at radius 3 is 2.36 bits per heavy atom. The van der Waals surface area contributed by atoms with Crippen LogP contribution in [0.5, 0.6) is 11.5 Å². The molecule has 0 radical (unpaired) electrons. The highest BCUT2D eigenvalue weighted by molar-refractivity contribution is 7.15. The molecule has 1 fully saturated rings. The van der Waals surface area contributed by atoms with Crippen molar-refractivity contribution in [1.82, 2.24) is 10.3 Å². The summed E-state index contributed by atoms with van der Waals surface area (Å²) in [5, 5.41) is 4.72.